The summed E-state index contributed by atoms with van der Waals surface area (Å²) in [6.07, 6.45) is 6.09. The van der Waals surface area contributed by atoms with E-state index in [1.165, 1.54) is 4.88 Å². The maximum absolute atomic E-state index is 13.8. The van der Waals surface area contributed by atoms with Crippen molar-refractivity contribution in [1.29, 1.82) is 0 Å². The molecule has 1 atom stereocenters. The van der Waals surface area contributed by atoms with E-state index in [0.29, 0.717) is 24.5 Å². The summed E-state index contributed by atoms with van der Waals surface area (Å²) in [7, 11) is 0. The first kappa shape index (κ1) is 23.8. The Morgan fingerprint density at radius 3 is 2.78 bits per heavy atom. The number of aryl methyl sites for hydroxylation is 2. The Hall–Kier alpha value is -3.56. The van der Waals surface area contributed by atoms with Crippen molar-refractivity contribution in [2.45, 2.75) is 64.7 Å². The van der Waals surface area contributed by atoms with Crippen LogP contribution in [0, 0.1) is 13.8 Å². The van der Waals surface area contributed by atoms with E-state index >= 15 is 0 Å². The quantitative estimate of drug-likeness (QED) is 0.286. The minimum atomic E-state index is -0.461. The fourth-order valence-electron chi connectivity index (χ4n) is 5.62. The molecule has 0 spiro atoms. The number of H-pyrrole nitrogens is 1. The number of aromatic nitrogens is 5. The highest BCUT2D eigenvalue weighted by atomic mass is 32.1. The first-order chi connectivity index (χ1) is 18.1. The van der Waals surface area contributed by atoms with Gasteiger partial charge in [0.25, 0.3) is 5.56 Å². The molecular weight excluding hydrogens is 484 g/mol. The number of nitrogens with one attached hydrogen (secondary N) is 1. The van der Waals surface area contributed by atoms with Gasteiger partial charge in [0.1, 0.15) is 11.8 Å². The van der Waals surface area contributed by atoms with Gasteiger partial charge < -0.3 is 9.40 Å². The van der Waals surface area contributed by atoms with E-state index in [0.717, 1.165) is 53.5 Å². The smallest absolute Gasteiger partial charge is 0.253 e. The molecular formula is C28H30N6O2S. The van der Waals surface area contributed by atoms with Gasteiger partial charge in [0.15, 0.2) is 5.82 Å². The molecule has 1 saturated carbocycles. The molecule has 1 N–H and O–H groups in total. The van der Waals surface area contributed by atoms with Crippen LogP contribution in [0.3, 0.4) is 0 Å². The molecule has 8 nitrogen and oxygen atoms in total. The van der Waals surface area contributed by atoms with E-state index in [1.54, 1.807) is 17.6 Å². The fourth-order valence-corrected chi connectivity index (χ4v) is 6.35. The summed E-state index contributed by atoms with van der Waals surface area (Å²) in [5.41, 5.74) is 3.59. The van der Waals surface area contributed by atoms with E-state index in [9.17, 15) is 4.79 Å². The van der Waals surface area contributed by atoms with Gasteiger partial charge in [0.2, 0.25) is 0 Å². The third-order valence-electron chi connectivity index (χ3n) is 7.31. The molecule has 4 heterocycles. The molecule has 1 aliphatic rings. The molecule has 4 aromatic heterocycles. The number of fused-ring (bicyclic) bond motifs is 1. The summed E-state index contributed by atoms with van der Waals surface area (Å²) in [4.78, 5) is 20.4. The van der Waals surface area contributed by atoms with Crippen LogP contribution >= 0.6 is 11.3 Å². The molecule has 9 heteroatoms. The van der Waals surface area contributed by atoms with Gasteiger partial charge in [0.05, 0.1) is 18.8 Å². The van der Waals surface area contributed by atoms with E-state index < -0.39 is 6.04 Å². The highest BCUT2D eigenvalue weighted by Crippen LogP contribution is 2.35. The number of pyridine rings is 1. The Labute approximate surface area is 218 Å². The summed E-state index contributed by atoms with van der Waals surface area (Å²) >= 11 is 1.70. The third-order valence-corrected chi connectivity index (χ3v) is 8.17. The van der Waals surface area contributed by atoms with E-state index in [1.807, 2.05) is 35.9 Å². The van der Waals surface area contributed by atoms with E-state index in [4.69, 9.17) is 4.42 Å². The van der Waals surface area contributed by atoms with Crippen molar-refractivity contribution < 1.29 is 4.42 Å². The first-order valence-corrected chi connectivity index (χ1v) is 13.7. The second-order valence-electron chi connectivity index (χ2n) is 9.98. The van der Waals surface area contributed by atoms with Gasteiger partial charge in [-0.05, 0) is 84.0 Å². The fraction of sp³-hybridized carbons (Fsp3) is 0.357. The van der Waals surface area contributed by atoms with E-state index in [2.05, 4.69) is 55.9 Å². The molecule has 190 valence electrons. The van der Waals surface area contributed by atoms with Crippen LogP contribution in [0.4, 0.5) is 0 Å². The molecule has 1 aliphatic carbocycles. The maximum atomic E-state index is 13.8. The number of benzene rings is 1. The Balaban J connectivity index is 1.55. The van der Waals surface area contributed by atoms with Crippen LogP contribution in [0.25, 0.3) is 10.9 Å². The van der Waals surface area contributed by atoms with Gasteiger partial charge in [-0.2, -0.15) is 0 Å². The second kappa shape index (κ2) is 10.1. The molecule has 37 heavy (non-hydrogen) atoms. The topological polar surface area (TPSA) is 92.8 Å². The van der Waals surface area contributed by atoms with Crippen molar-refractivity contribution in [3.63, 3.8) is 0 Å². The zero-order valence-corrected chi connectivity index (χ0v) is 21.9. The van der Waals surface area contributed by atoms with Crippen LogP contribution in [0.5, 0.6) is 0 Å². The van der Waals surface area contributed by atoms with E-state index in [-0.39, 0.29) is 11.6 Å². The van der Waals surface area contributed by atoms with Crippen LogP contribution in [-0.4, -0.2) is 30.1 Å². The number of aromatic amines is 1. The molecule has 1 unspecified atom stereocenters. The normalized spacial score (nSPS) is 15.2. The first-order valence-electron chi connectivity index (χ1n) is 12.8. The summed E-state index contributed by atoms with van der Waals surface area (Å²) in [6.45, 7) is 5.27. The summed E-state index contributed by atoms with van der Waals surface area (Å²) in [5.74, 6) is 1.52. The average Bonchev–Trinajstić information content (AvgIpc) is 3.67. The molecule has 0 amide bonds. The standard InChI is InChI=1S/C28H30N6O2S/c1-18-13-19(2)23-15-24(28(35)29-25(23)14-18)26(27-30-31-32-34(27)20-7-3-4-8-20)33(16-21-9-5-11-36-21)17-22-10-6-12-37-22/h5-6,9-15,20,26H,3-4,7-8,16-17H2,1-2H3,(H,29,35). The average molecular weight is 515 g/mol. The predicted molar refractivity (Wildman–Crippen MR) is 143 cm³/mol. The summed E-state index contributed by atoms with van der Waals surface area (Å²) in [6, 6.07) is 14.0. The van der Waals surface area contributed by atoms with Crippen molar-refractivity contribution in [2.24, 2.45) is 0 Å². The van der Waals surface area contributed by atoms with Crippen LogP contribution < -0.4 is 5.56 Å². The van der Waals surface area contributed by atoms with Crippen molar-refractivity contribution in [1.82, 2.24) is 30.1 Å². The molecule has 5 aromatic rings. The molecule has 6 rings (SSSR count). The van der Waals surface area contributed by atoms with Gasteiger partial charge in [-0.1, -0.05) is 25.0 Å². The second-order valence-corrected chi connectivity index (χ2v) is 11.0. The lowest BCUT2D eigenvalue weighted by Crippen LogP contribution is -2.35. The van der Waals surface area contributed by atoms with Gasteiger partial charge in [-0.3, -0.25) is 9.69 Å². The van der Waals surface area contributed by atoms with Crippen LogP contribution in [0.1, 0.15) is 70.9 Å². The summed E-state index contributed by atoms with van der Waals surface area (Å²) < 4.78 is 7.73. The van der Waals surface area contributed by atoms with Crippen molar-refractivity contribution in [2.75, 3.05) is 0 Å². The zero-order valence-electron chi connectivity index (χ0n) is 21.1. The minimum absolute atomic E-state index is 0.126. The van der Waals surface area contributed by atoms with Gasteiger partial charge in [-0.25, -0.2) is 4.68 Å². The molecule has 0 bridgehead atoms. The molecule has 0 aliphatic heterocycles. The lowest BCUT2D eigenvalue weighted by molar-refractivity contribution is 0.178. The Morgan fingerprint density at radius 1 is 1.16 bits per heavy atom. The van der Waals surface area contributed by atoms with Crippen LogP contribution in [0.15, 0.2) is 63.3 Å². The lowest BCUT2D eigenvalue weighted by Gasteiger charge is -2.30. The number of furan rings is 1. The Kier molecular flexibility index (Phi) is 6.48. The summed E-state index contributed by atoms with van der Waals surface area (Å²) in [5, 5.41) is 16.2. The van der Waals surface area contributed by atoms with Gasteiger partial charge in [-0.15, -0.1) is 16.4 Å². The number of thiophene rings is 1. The largest absolute Gasteiger partial charge is 0.468 e. The highest BCUT2D eigenvalue weighted by molar-refractivity contribution is 7.09. The molecule has 1 aromatic carbocycles. The molecule has 0 saturated heterocycles. The number of hydrogen-bond donors (Lipinski definition) is 1. The Bertz CT molecular complexity index is 1510. The zero-order chi connectivity index (χ0) is 25.4. The minimum Gasteiger partial charge on any atom is -0.468 e. The number of hydrogen-bond acceptors (Lipinski definition) is 7. The lowest BCUT2D eigenvalue weighted by atomic mass is 9.99. The molecule has 0 radical (unpaired) electrons. The Morgan fingerprint density at radius 2 is 2.03 bits per heavy atom. The van der Waals surface area contributed by atoms with Gasteiger partial charge >= 0.3 is 0 Å². The molecule has 1 fully saturated rings. The predicted octanol–water partition coefficient (Wildman–Crippen LogP) is 5.69. The number of rotatable bonds is 8. The van der Waals surface area contributed by atoms with Crippen molar-refractivity contribution in [3.05, 3.63) is 97.6 Å². The van der Waals surface area contributed by atoms with Crippen molar-refractivity contribution in [3.8, 4) is 0 Å². The highest BCUT2D eigenvalue weighted by Gasteiger charge is 2.34. The maximum Gasteiger partial charge on any atom is 0.253 e. The number of tetrazole rings is 1. The van der Waals surface area contributed by atoms with Crippen molar-refractivity contribution >= 4 is 22.2 Å². The van der Waals surface area contributed by atoms with Crippen LogP contribution in [0.2, 0.25) is 0 Å². The SMILES string of the molecule is Cc1cc(C)c2cc(C(c3nnnn3C3CCCC3)N(Cc3ccco3)Cc3cccs3)c(=O)[nH]c2c1. The monoisotopic (exact) mass is 514 g/mol. The van der Waals surface area contributed by atoms with Crippen LogP contribution in [-0.2, 0) is 13.1 Å². The third kappa shape index (κ3) is 4.76. The number of nitrogens with zero attached hydrogens (tertiary/aromatic N) is 5. The van der Waals surface area contributed by atoms with Gasteiger partial charge in [0, 0.05) is 27.9 Å².